The zero-order chi connectivity index (χ0) is 29.1. The van der Waals surface area contributed by atoms with Gasteiger partial charge < -0.3 is 42.0 Å². The van der Waals surface area contributed by atoms with Crippen molar-refractivity contribution in [1.82, 2.24) is 25.9 Å². The van der Waals surface area contributed by atoms with Gasteiger partial charge in [0.05, 0.1) is 19.0 Å². The summed E-state index contributed by atoms with van der Waals surface area (Å²) in [4.78, 5) is 57.4. The number of phenols is 1. The molecule has 2 aromatic carbocycles. The lowest BCUT2D eigenvalue weighted by molar-refractivity contribution is -0.142. The van der Waals surface area contributed by atoms with Crippen LogP contribution < -0.4 is 21.7 Å². The molecule has 3 amide bonds. The first-order valence-electron chi connectivity index (χ1n) is 12.5. The predicted octanol–water partition coefficient (Wildman–Crippen LogP) is -0.998. The number of rotatable bonds is 14. The SMILES string of the molecule is NC(Cc1cnc[nH]1)C(=O)NC(Cc1ccccc1)C(=O)NC(CO)C(=O)NC(Cc1ccc(O)cc1)C(=O)O. The second-order valence-electron chi connectivity index (χ2n) is 9.15. The van der Waals surface area contributed by atoms with Crippen molar-refractivity contribution in [1.29, 1.82) is 0 Å². The molecule has 4 atom stereocenters. The van der Waals surface area contributed by atoms with E-state index < -0.39 is 54.5 Å². The molecule has 40 heavy (non-hydrogen) atoms. The Morgan fingerprint density at radius 3 is 1.98 bits per heavy atom. The Balaban J connectivity index is 1.69. The first-order valence-corrected chi connectivity index (χ1v) is 12.5. The fraction of sp³-hybridized carbons (Fsp3) is 0.296. The summed E-state index contributed by atoms with van der Waals surface area (Å²) in [7, 11) is 0. The zero-order valence-electron chi connectivity index (χ0n) is 21.5. The Morgan fingerprint density at radius 1 is 0.800 bits per heavy atom. The van der Waals surface area contributed by atoms with Crippen molar-refractivity contribution in [3.05, 3.63) is 83.9 Å². The highest BCUT2D eigenvalue weighted by atomic mass is 16.4. The van der Waals surface area contributed by atoms with Crippen molar-refractivity contribution < 1.29 is 34.5 Å². The summed E-state index contributed by atoms with van der Waals surface area (Å²) in [5.41, 5.74) is 7.90. The molecule has 4 unspecified atom stereocenters. The van der Waals surface area contributed by atoms with Gasteiger partial charge in [0.2, 0.25) is 17.7 Å². The minimum absolute atomic E-state index is 0.00197. The molecule has 0 fully saturated rings. The number of phenolic OH excluding ortho intramolecular Hbond substituents is 1. The van der Waals surface area contributed by atoms with Crippen LogP contribution >= 0.6 is 0 Å². The Hall–Kier alpha value is -4.75. The van der Waals surface area contributed by atoms with Gasteiger partial charge in [-0.3, -0.25) is 14.4 Å². The van der Waals surface area contributed by atoms with Gasteiger partial charge in [-0.25, -0.2) is 9.78 Å². The maximum Gasteiger partial charge on any atom is 0.326 e. The van der Waals surface area contributed by atoms with Crippen LogP contribution in [0.3, 0.4) is 0 Å². The van der Waals surface area contributed by atoms with Crippen molar-refractivity contribution in [2.75, 3.05) is 6.61 Å². The largest absolute Gasteiger partial charge is 0.508 e. The number of carbonyl (C=O) groups is 4. The standard InChI is InChI=1S/C27H32N6O7/c28-20(12-18-13-29-15-30-18)24(36)31-21(10-16-4-2-1-3-5-16)25(37)33-23(14-34)26(38)32-22(27(39)40)11-17-6-8-19(35)9-7-17/h1-9,13,15,20-23,34-35H,10-12,14,28H2,(H,29,30)(H,31,36)(H,32,38)(H,33,37)(H,39,40). The van der Waals surface area contributed by atoms with Crippen LogP contribution in [0.15, 0.2) is 67.1 Å². The van der Waals surface area contributed by atoms with Crippen molar-refractivity contribution in [3.8, 4) is 5.75 Å². The maximum absolute atomic E-state index is 13.2. The van der Waals surface area contributed by atoms with E-state index in [0.717, 1.165) is 5.56 Å². The predicted molar refractivity (Wildman–Crippen MR) is 143 cm³/mol. The number of benzene rings is 2. The normalized spacial score (nSPS) is 13.8. The van der Waals surface area contributed by atoms with Crippen LogP contribution in [0.4, 0.5) is 0 Å². The molecule has 9 N–H and O–H groups in total. The average Bonchev–Trinajstić information content (AvgIpc) is 3.45. The van der Waals surface area contributed by atoms with Crippen LogP contribution in [0.2, 0.25) is 0 Å². The zero-order valence-corrected chi connectivity index (χ0v) is 21.5. The van der Waals surface area contributed by atoms with E-state index in [1.165, 1.54) is 36.8 Å². The monoisotopic (exact) mass is 552 g/mol. The number of nitrogens with zero attached hydrogens (tertiary/aromatic N) is 1. The summed E-state index contributed by atoms with van der Waals surface area (Å²) >= 11 is 0. The van der Waals surface area contributed by atoms with Crippen molar-refractivity contribution in [2.24, 2.45) is 5.73 Å². The third-order valence-electron chi connectivity index (χ3n) is 6.05. The summed E-state index contributed by atoms with van der Waals surface area (Å²) < 4.78 is 0. The number of aromatic amines is 1. The molecule has 0 bridgehead atoms. The molecule has 3 aromatic rings. The fourth-order valence-corrected chi connectivity index (χ4v) is 3.87. The first-order chi connectivity index (χ1) is 19.2. The molecule has 212 valence electrons. The van der Waals surface area contributed by atoms with Gasteiger partial charge >= 0.3 is 5.97 Å². The van der Waals surface area contributed by atoms with Crippen LogP contribution in [0.5, 0.6) is 5.75 Å². The summed E-state index contributed by atoms with van der Waals surface area (Å²) in [6, 6.07) is 9.60. The minimum Gasteiger partial charge on any atom is -0.508 e. The van der Waals surface area contributed by atoms with Crippen LogP contribution in [0.25, 0.3) is 0 Å². The highest BCUT2D eigenvalue weighted by Gasteiger charge is 2.30. The summed E-state index contributed by atoms with van der Waals surface area (Å²) in [5, 5.41) is 36.2. The van der Waals surface area contributed by atoms with Gasteiger partial charge in [0, 0.05) is 31.2 Å². The molecule has 0 saturated carbocycles. The molecule has 0 radical (unpaired) electrons. The molecule has 13 nitrogen and oxygen atoms in total. The van der Waals surface area contributed by atoms with Crippen LogP contribution in [0.1, 0.15) is 16.8 Å². The van der Waals surface area contributed by atoms with E-state index in [2.05, 4.69) is 25.9 Å². The molecule has 0 aliphatic carbocycles. The number of amides is 3. The van der Waals surface area contributed by atoms with E-state index in [0.29, 0.717) is 11.3 Å². The van der Waals surface area contributed by atoms with Crippen molar-refractivity contribution in [2.45, 2.75) is 43.4 Å². The number of nitrogens with one attached hydrogen (secondary N) is 4. The Bertz CT molecular complexity index is 1270. The van der Waals surface area contributed by atoms with E-state index in [1.807, 2.05) is 0 Å². The molecular weight excluding hydrogens is 520 g/mol. The third kappa shape index (κ3) is 8.92. The summed E-state index contributed by atoms with van der Waals surface area (Å²) in [5.74, 6) is -3.64. The molecular formula is C27H32N6O7. The Morgan fingerprint density at radius 2 is 1.38 bits per heavy atom. The summed E-state index contributed by atoms with van der Waals surface area (Å²) in [6.07, 6.45) is 3.08. The van der Waals surface area contributed by atoms with Gasteiger partial charge in [0.1, 0.15) is 23.9 Å². The van der Waals surface area contributed by atoms with E-state index in [4.69, 9.17) is 5.73 Å². The number of H-pyrrole nitrogens is 1. The molecule has 0 aliphatic rings. The van der Waals surface area contributed by atoms with E-state index >= 15 is 0 Å². The maximum atomic E-state index is 13.2. The lowest BCUT2D eigenvalue weighted by Gasteiger charge is -2.24. The number of aliphatic carboxylic acids is 1. The molecule has 13 heteroatoms. The highest BCUT2D eigenvalue weighted by molar-refractivity contribution is 5.94. The number of hydrogen-bond donors (Lipinski definition) is 8. The number of aromatic nitrogens is 2. The Labute approximate surface area is 229 Å². The molecule has 0 spiro atoms. The van der Waals surface area contributed by atoms with E-state index in [-0.39, 0.29) is 25.0 Å². The van der Waals surface area contributed by atoms with E-state index in [1.54, 1.807) is 30.3 Å². The van der Waals surface area contributed by atoms with Gasteiger partial charge in [0.15, 0.2) is 0 Å². The van der Waals surface area contributed by atoms with Gasteiger partial charge in [-0.2, -0.15) is 0 Å². The molecule has 0 saturated heterocycles. The number of carbonyl (C=O) groups excluding carboxylic acids is 3. The number of carboxylic acids is 1. The van der Waals surface area contributed by atoms with Crippen molar-refractivity contribution >= 4 is 23.7 Å². The number of imidazole rings is 1. The smallest absolute Gasteiger partial charge is 0.326 e. The minimum atomic E-state index is -1.50. The van der Waals surface area contributed by atoms with Crippen LogP contribution in [-0.4, -0.2) is 79.8 Å². The van der Waals surface area contributed by atoms with Gasteiger partial charge in [-0.05, 0) is 23.3 Å². The van der Waals surface area contributed by atoms with E-state index in [9.17, 15) is 34.5 Å². The number of aromatic hydroxyl groups is 1. The fourth-order valence-electron chi connectivity index (χ4n) is 3.87. The lowest BCUT2D eigenvalue weighted by atomic mass is 10.0. The Kier molecular flexibility index (Phi) is 10.7. The number of aliphatic hydroxyl groups excluding tert-OH is 1. The third-order valence-corrected chi connectivity index (χ3v) is 6.05. The lowest BCUT2D eigenvalue weighted by Crippen LogP contribution is -2.58. The molecule has 0 aliphatic heterocycles. The molecule has 1 heterocycles. The van der Waals surface area contributed by atoms with Crippen molar-refractivity contribution in [3.63, 3.8) is 0 Å². The topological polar surface area (TPSA) is 220 Å². The number of nitrogens with two attached hydrogens (primary N) is 1. The number of hydrogen-bond acceptors (Lipinski definition) is 8. The number of aliphatic hydroxyl groups is 1. The average molecular weight is 553 g/mol. The molecule has 3 rings (SSSR count). The second kappa shape index (κ2) is 14.4. The highest BCUT2D eigenvalue weighted by Crippen LogP contribution is 2.12. The molecule has 1 aromatic heterocycles. The van der Waals surface area contributed by atoms with Crippen LogP contribution in [0, 0.1) is 0 Å². The van der Waals surface area contributed by atoms with Crippen LogP contribution in [-0.2, 0) is 38.4 Å². The first kappa shape index (κ1) is 29.8. The van der Waals surface area contributed by atoms with Gasteiger partial charge in [0.25, 0.3) is 0 Å². The number of carboxylic acid groups (broad SMARTS) is 1. The quantitative estimate of drug-likeness (QED) is 0.123. The summed E-state index contributed by atoms with van der Waals surface area (Å²) in [6.45, 7) is -0.825. The van der Waals surface area contributed by atoms with Gasteiger partial charge in [-0.15, -0.1) is 0 Å². The van der Waals surface area contributed by atoms with Gasteiger partial charge in [-0.1, -0.05) is 42.5 Å². The second-order valence-corrected chi connectivity index (χ2v) is 9.15.